The summed E-state index contributed by atoms with van der Waals surface area (Å²) in [6.45, 7) is 0. The van der Waals surface area contributed by atoms with Crippen molar-refractivity contribution >= 4 is 29.4 Å². The van der Waals surface area contributed by atoms with E-state index in [0.717, 1.165) is 5.56 Å². The summed E-state index contributed by atoms with van der Waals surface area (Å²) in [5.41, 5.74) is 1.79. The first-order valence-electron chi connectivity index (χ1n) is 6.25. The molecule has 1 amide bonds. The molecular formula is C16H10ClFN2O. The van der Waals surface area contributed by atoms with Gasteiger partial charge in [0.1, 0.15) is 17.3 Å². The zero-order valence-corrected chi connectivity index (χ0v) is 11.6. The minimum atomic E-state index is -0.333. The molecule has 3 nitrogen and oxygen atoms in total. The van der Waals surface area contributed by atoms with Crippen LogP contribution in [-0.4, -0.2) is 11.7 Å². The molecule has 0 radical (unpaired) electrons. The van der Waals surface area contributed by atoms with Crippen LogP contribution in [0.4, 0.5) is 4.39 Å². The number of nitrogens with one attached hydrogen (secondary N) is 1. The van der Waals surface area contributed by atoms with E-state index in [0.29, 0.717) is 22.1 Å². The number of carbonyl (C=O) groups is 1. The lowest BCUT2D eigenvalue weighted by atomic mass is 10.2. The van der Waals surface area contributed by atoms with Gasteiger partial charge in [0.05, 0.1) is 0 Å². The number of rotatable bonds is 2. The van der Waals surface area contributed by atoms with Crippen LogP contribution in [0.3, 0.4) is 0 Å². The molecule has 2 aromatic rings. The van der Waals surface area contributed by atoms with Crippen LogP contribution in [0.1, 0.15) is 11.1 Å². The summed E-state index contributed by atoms with van der Waals surface area (Å²) in [6.07, 6.45) is 1.67. The average molecular weight is 301 g/mol. The third-order valence-electron chi connectivity index (χ3n) is 2.99. The van der Waals surface area contributed by atoms with Crippen molar-refractivity contribution in [1.82, 2.24) is 5.32 Å². The van der Waals surface area contributed by atoms with Gasteiger partial charge in [-0.1, -0.05) is 23.7 Å². The molecule has 2 aromatic carbocycles. The lowest BCUT2D eigenvalue weighted by Gasteiger charge is -1.99. The van der Waals surface area contributed by atoms with E-state index < -0.39 is 0 Å². The van der Waals surface area contributed by atoms with Gasteiger partial charge in [0.25, 0.3) is 5.91 Å². The average Bonchev–Trinajstić information content (AvgIpc) is 2.83. The van der Waals surface area contributed by atoms with Crippen molar-refractivity contribution in [2.24, 2.45) is 4.99 Å². The highest BCUT2D eigenvalue weighted by atomic mass is 35.5. The number of benzene rings is 2. The summed E-state index contributed by atoms with van der Waals surface area (Å²) < 4.78 is 12.9. The van der Waals surface area contributed by atoms with E-state index in [4.69, 9.17) is 11.6 Å². The van der Waals surface area contributed by atoms with Crippen molar-refractivity contribution in [2.75, 3.05) is 0 Å². The van der Waals surface area contributed by atoms with Gasteiger partial charge in [-0.3, -0.25) is 4.79 Å². The molecule has 1 N–H and O–H groups in total. The smallest absolute Gasteiger partial charge is 0.275 e. The molecule has 5 heteroatoms. The van der Waals surface area contributed by atoms with Gasteiger partial charge in [0, 0.05) is 10.6 Å². The maximum Gasteiger partial charge on any atom is 0.275 e. The second-order valence-corrected chi connectivity index (χ2v) is 4.94. The highest BCUT2D eigenvalue weighted by molar-refractivity contribution is 6.30. The second kappa shape index (κ2) is 5.50. The summed E-state index contributed by atoms with van der Waals surface area (Å²) >= 11 is 5.81. The predicted molar refractivity (Wildman–Crippen MR) is 80.5 cm³/mol. The van der Waals surface area contributed by atoms with E-state index in [9.17, 15) is 9.18 Å². The zero-order valence-electron chi connectivity index (χ0n) is 10.8. The summed E-state index contributed by atoms with van der Waals surface area (Å²) in [6, 6.07) is 12.9. The van der Waals surface area contributed by atoms with E-state index in [1.54, 1.807) is 42.5 Å². The molecule has 1 aliphatic rings. The van der Waals surface area contributed by atoms with E-state index in [-0.39, 0.29) is 11.7 Å². The van der Waals surface area contributed by atoms with E-state index in [2.05, 4.69) is 10.3 Å². The number of carbonyl (C=O) groups excluding carboxylic acids is 1. The Kier molecular flexibility index (Phi) is 3.54. The molecule has 0 bridgehead atoms. The first kappa shape index (κ1) is 13.5. The zero-order chi connectivity index (χ0) is 14.8. The molecule has 0 saturated carbocycles. The standard InChI is InChI=1S/C16H10ClFN2O/c17-12-5-1-10(2-6-12)9-14-16(21)20-15(19-14)11-3-7-13(18)8-4-11/h1-9H,(H,19,20,21)/b14-9+. The number of hydrogen-bond acceptors (Lipinski definition) is 2. The summed E-state index contributed by atoms with van der Waals surface area (Å²) in [5.74, 6) is -0.204. The molecule has 0 fully saturated rings. The van der Waals surface area contributed by atoms with Crippen LogP contribution in [-0.2, 0) is 4.79 Å². The number of hydrogen-bond donors (Lipinski definition) is 1. The summed E-state index contributed by atoms with van der Waals surface area (Å²) in [7, 11) is 0. The first-order valence-corrected chi connectivity index (χ1v) is 6.63. The highest BCUT2D eigenvalue weighted by Gasteiger charge is 2.20. The Morgan fingerprint density at radius 3 is 2.38 bits per heavy atom. The lowest BCUT2D eigenvalue weighted by molar-refractivity contribution is -0.115. The molecule has 3 rings (SSSR count). The van der Waals surface area contributed by atoms with E-state index >= 15 is 0 Å². The van der Waals surface area contributed by atoms with Gasteiger partial charge in [0.2, 0.25) is 0 Å². The van der Waals surface area contributed by atoms with Gasteiger partial charge in [-0.25, -0.2) is 9.38 Å². The van der Waals surface area contributed by atoms with Crippen molar-refractivity contribution in [1.29, 1.82) is 0 Å². The minimum absolute atomic E-state index is 0.288. The van der Waals surface area contributed by atoms with Crippen LogP contribution in [0.15, 0.2) is 59.2 Å². The molecule has 21 heavy (non-hydrogen) atoms. The Morgan fingerprint density at radius 2 is 1.71 bits per heavy atom. The van der Waals surface area contributed by atoms with Gasteiger partial charge in [-0.05, 0) is 48.0 Å². The van der Waals surface area contributed by atoms with Crippen LogP contribution >= 0.6 is 11.6 Å². The van der Waals surface area contributed by atoms with Crippen molar-refractivity contribution in [3.8, 4) is 0 Å². The van der Waals surface area contributed by atoms with Gasteiger partial charge in [-0.15, -0.1) is 0 Å². The molecule has 0 saturated heterocycles. The van der Waals surface area contributed by atoms with Crippen molar-refractivity contribution in [3.63, 3.8) is 0 Å². The number of amidine groups is 1. The first-order chi connectivity index (χ1) is 10.1. The maximum atomic E-state index is 12.9. The van der Waals surface area contributed by atoms with Crippen molar-refractivity contribution in [3.05, 3.63) is 76.2 Å². The van der Waals surface area contributed by atoms with Crippen molar-refractivity contribution in [2.45, 2.75) is 0 Å². The van der Waals surface area contributed by atoms with E-state index in [1.165, 1.54) is 12.1 Å². The number of amides is 1. The van der Waals surface area contributed by atoms with Crippen LogP contribution in [0.2, 0.25) is 5.02 Å². The monoisotopic (exact) mass is 300 g/mol. The molecule has 1 aliphatic heterocycles. The summed E-state index contributed by atoms with van der Waals surface area (Å²) in [4.78, 5) is 16.2. The third-order valence-corrected chi connectivity index (χ3v) is 3.24. The summed E-state index contributed by atoms with van der Waals surface area (Å²) in [5, 5.41) is 3.29. The maximum absolute atomic E-state index is 12.9. The second-order valence-electron chi connectivity index (χ2n) is 4.50. The predicted octanol–water partition coefficient (Wildman–Crippen LogP) is 3.40. The molecule has 0 unspecified atom stereocenters. The fraction of sp³-hybridized carbons (Fsp3) is 0. The molecule has 0 aromatic heterocycles. The Bertz CT molecular complexity index is 749. The fourth-order valence-electron chi connectivity index (χ4n) is 1.93. The Labute approximate surface area is 125 Å². The molecule has 0 atom stereocenters. The van der Waals surface area contributed by atoms with Crippen LogP contribution in [0.5, 0.6) is 0 Å². The fourth-order valence-corrected chi connectivity index (χ4v) is 2.06. The van der Waals surface area contributed by atoms with Crippen LogP contribution in [0.25, 0.3) is 6.08 Å². The molecule has 1 heterocycles. The largest absolute Gasteiger partial charge is 0.305 e. The molecule has 0 aliphatic carbocycles. The third kappa shape index (κ3) is 3.01. The Balaban J connectivity index is 1.91. The quantitative estimate of drug-likeness (QED) is 0.849. The minimum Gasteiger partial charge on any atom is -0.305 e. The van der Waals surface area contributed by atoms with Gasteiger partial charge in [0.15, 0.2) is 0 Å². The Morgan fingerprint density at radius 1 is 1.05 bits per heavy atom. The lowest BCUT2D eigenvalue weighted by Crippen LogP contribution is -2.24. The van der Waals surface area contributed by atoms with Crippen LogP contribution < -0.4 is 5.32 Å². The topological polar surface area (TPSA) is 41.5 Å². The number of nitrogens with zero attached hydrogens (tertiary/aromatic N) is 1. The molecule has 0 spiro atoms. The van der Waals surface area contributed by atoms with Gasteiger partial charge in [-0.2, -0.15) is 0 Å². The number of aliphatic imine (C=N–C) groups is 1. The van der Waals surface area contributed by atoms with Gasteiger partial charge >= 0.3 is 0 Å². The van der Waals surface area contributed by atoms with Crippen LogP contribution in [0, 0.1) is 5.82 Å². The normalized spacial score (nSPS) is 16.0. The number of halogens is 2. The van der Waals surface area contributed by atoms with Gasteiger partial charge < -0.3 is 5.32 Å². The highest BCUT2D eigenvalue weighted by Crippen LogP contribution is 2.17. The molecule has 104 valence electrons. The van der Waals surface area contributed by atoms with E-state index in [1.807, 2.05) is 0 Å². The van der Waals surface area contributed by atoms with Crippen molar-refractivity contribution < 1.29 is 9.18 Å². The Hall–Kier alpha value is -2.46. The molecular weight excluding hydrogens is 291 g/mol. The SMILES string of the molecule is O=C1NC(c2ccc(F)cc2)=N/C1=C/c1ccc(Cl)cc1.